The van der Waals surface area contributed by atoms with Gasteiger partial charge < -0.3 is 10.1 Å². The third-order valence-electron chi connectivity index (χ3n) is 3.21. The van der Waals surface area contributed by atoms with E-state index < -0.39 is 0 Å². The molecule has 0 aliphatic rings. The van der Waals surface area contributed by atoms with Crippen LogP contribution in [0.4, 0.5) is 5.69 Å². The van der Waals surface area contributed by atoms with Crippen LogP contribution in [0.3, 0.4) is 0 Å². The summed E-state index contributed by atoms with van der Waals surface area (Å²) in [6, 6.07) is 13.6. The van der Waals surface area contributed by atoms with Crippen LogP contribution < -0.4 is 10.1 Å². The topological polar surface area (TPSA) is 38.3 Å². The lowest BCUT2D eigenvalue weighted by Gasteiger charge is -2.11. The van der Waals surface area contributed by atoms with E-state index in [0.29, 0.717) is 6.42 Å². The fourth-order valence-electron chi connectivity index (χ4n) is 2.09. The second kappa shape index (κ2) is 6.24. The molecule has 0 radical (unpaired) electrons. The Hall–Kier alpha value is -2.29. The highest BCUT2D eigenvalue weighted by atomic mass is 16.5. The molecule has 0 saturated heterocycles. The van der Waals surface area contributed by atoms with Crippen molar-refractivity contribution in [2.24, 2.45) is 0 Å². The summed E-state index contributed by atoms with van der Waals surface area (Å²) in [7, 11) is 1.61. The van der Waals surface area contributed by atoms with Crippen LogP contribution >= 0.6 is 0 Å². The number of amides is 1. The van der Waals surface area contributed by atoms with Crippen molar-refractivity contribution in [3.8, 4) is 5.75 Å². The molecular weight excluding hydrogens is 250 g/mol. The Balaban J connectivity index is 2.11. The molecule has 0 saturated carbocycles. The van der Waals surface area contributed by atoms with Gasteiger partial charge in [-0.25, -0.2) is 0 Å². The Bertz CT molecular complexity index is 620. The molecule has 2 rings (SSSR count). The first-order chi connectivity index (χ1) is 9.60. The van der Waals surface area contributed by atoms with Crippen molar-refractivity contribution >= 4 is 11.6 Å². The highest BCUT2D eigenvalue weighted by Crippen LogP contribution is 2.20. The number of hydrogen-bond donors (Lipinski definition) is 1. The van der Waals surface area contributed by atoms with Gasteiger partial charge in [0.15, 0.2) is 0 Å². The largest absolute Gasteiger partial charge is 0.496 e. The lowest BCUT2D eigenvalue weighted by Crippen LogP contribution is -2.15. The predicted octanol–water partition coefficient (Wildman–Crippen LogP) is 3.49. The van der Waals surface area contributed by atoms with Crippen molar-refractivity contribution < 1.29 is 9.53 Å². The maximum atomic E-state index is 12.1. The van der Waals surface area contributed by atoms with E-state index in [1.165, 1.54) is 0 Å². The number of ether oxygens (including phenoxy) is 1. The first-order valence-corrected chi connectivity index (χ1v) is 6.59. The summed E-state index contributed by atoms with van der Waals surface area (Å²) < 4.78 is 5.26. The number of hydrogen-bond acceptors (Lipinski definition) is 2. The third kappa shape index (κ3) is 3.38. The van der Waals surface area contributed by atoms with E-state index in [9.17, 15) is 4.79 Å². The molecule has 20 heavy (non-hydrogen) atoms. The lowest BCUT2D eigenvalue weighted by molar-refractivity contribution is -0.115. The highest BCUT2D eigenvalue weighted by molar-refractivity contribution is 5.93. The minimum atomic E-state index is -0.0387. The maximum absolute atomic E-state index is 12.1. The molecule has 104 valence electrons. The number of anilines is 1. The molecule has 0 fully saturated rings. The van der Waals surface area contributed by atoms with Gasteiger partial charge in [-0.2, -0.15) is 0 Å². The number of carbonyl (C=O) groups is 1. The Kier molecular flexibility index (Phi) is 4.41. The van der Waals surface area contributed by atoms with Crippen molar-refractivity contribution in [2.45, 2.75) is 20.3 Å². The summed E-state index contributed by atoms with van der Waals surface area (Å²) >= 11 is 0. The van der Waals surface area contributed by atoms with Crippen molar-refractivity contribution in [3.63, 3.8) is 0 Å². The quantitative estimate of drug-likeness (QED) is 0.922. The van der Waals surface area contributed by atoms with Crippen LogP contribution in [0.2, 0.25) is 0 Å². The molecule has 2 aromatic rings. The zero-order valence-electron chi connectivity index (χ0n) is 12.1. The number of rotatable bonds is 4. The number of benzene rings is 2. The Labute approximate surface area is 119 Å². The van der Waals surface area contributed by atoms with Gasteiger partial charge in [0.05, 0.1) is 13.5 Å². The maximum Gasteiger partial charge on any atom is 0.228 e. The third-order valence-corrected chi connectivity index (χ3v) is 3.21. The molecule has 3 nitrogen and oxygen atoms in total. The van der Waals surface area contributed by atoms with E-state index in [1.807, 2.05) is 56.3 Å². The number of methoxy groups -OCH3 is 1. The summed E-state index contributed by atoms with van der Waals surface area (Å²) in [5, 5.41) is 2.96. The fourth-order valence-corrected chi connectivity index (χ4v) is 2.09. The smallest absolute Gasteiger partial charge is 0.228 e. The van der Waals surface area contributed by atoms with E-state index >= 15 is 0 Å². The number of carbonyl (C=O) groups excluding carboxylic acids is 1. The highest BCUT2D eigenvalue weighted by Gasteiger charge is 2.09. The summed E-state index contributed by atoms with van der Waals surface area (Å²) in [5.41, 5.74) is 3.94. The average molecular weight is 269 g/mol. The van der Waals surface area contributed by atoms with Crippen LogP contribution in [-0.4, -0.2) is 13.0 Å². The zero-order valence-corrected chi connectivity index (χ0v) is 12.1. The zero-order chi connectivity index (χ0) is 14.5. The van der Waals surface area contributed by atoms with Gasteiger partial charge in [0.25, 0.3) is 0 Å². The van der Waals surface area contributed by atoms with Gasteiger partial charge in [0.2, 0.25) is 5.91 Å². The van der Waals surface area contributed by atoms with E-state index in [-0.39, 0.29) is 5.91 Å². The number of para-hydroxylation sites is 1. The van der Waals surface area contributed by atoms with Crippen LogP contribution in [0.5, 0.6) is 5.75 Å². The first-order valence-electron chi connectivity index (χ1n) is 6.59. The van der Waals surface area contributed by atoms with Crippen molar-refractivity contribution in [1.29, 1.82) is 0 Å². The molecule has 0 heterocycles. The van der Waals surface area contributed by atoms with E-state index in [0.717, 1.165) is 28.1 Å². The molecule has 0 bridgehead atoms. The van der Waals surface area contributed by atoms with E-state index in [1.54, 1.807) is 7.11 Å². The van der Waals surface area contributed by atoms with E-state index in [2.05, 4.69) is 5.32 Å². The molecule has 1 amide bonds. The monoisotopic (exact) mass is 269 g/mol. The van der Waals surface area contributed by atoms with Crippen LogP contribution in [0, 0.1) is 13.8 Å². The fraction of sp³-hybridized carbons (Fsp3) is 0.235. The summed E-state index contributed by atoms with van der Waals surface area (Å²) in [6.07, 6.45) is 0.303. The second-order valence-electron chi connectivity index (χ2n) is 4.86. The lowest BCUT2D eigenvalue weighted by atomic mass is 10.1. The van der Waals surface area contributed by atoms with Gasteiger partial charge in [0.1, 0.15) is 5.75 Å². The van der Waals surface area contributed by atoms with Crippen LogP contribution in [0.15, 0.2) is 42.5 Å². The van der Waals surface area contributed by atoms with Gasteiger partial charge in [-0.3, -0.25) is 4.79 Å². The predicted molar refractivity (Wildman–Crippen MR) is 81.2 cm³/mol. The van der Waals surface area contributed by atoms with Crippen LogP contribution in [0.25, 0.3) is 0 Å². The minimum absolute atomic E-state index is 0.0387. The van der Waals surface area contributed by atoms with Gasteiger partial charge in [-0.1, -0.05) is 30.3 Å². The summed E-state index contributed by atoms with van der Waals surface area (Å²) in [4.78, 5) is 12.1. The normalized spacial score (nSPS) is 10.2. The second-order valence-corrected chi connectivity index (χ2v) is 4.86. The van der Waals surface area contributed by atoms with Gasteiger partial charge >= 0.3 is 0 Å². The SMILES string of the molecule is COc1ccccc1CC(=O)Nc1cc(C)ccc1C. The summed E-state index contributed by atoms with van der Waals surface area (Å²) in [6.45, 7) is 3.99. The molecule has 0 aliphatic heterocycles. The molecule has 2 aromatic carbocycles. The first kappa shape index (κ1) is 14.1. The molecule has 0 aliphatic carbocycles. The average Bonchev–Trinajstić information content (AvgIpc) is 2.43. The van der Waals surface area contributed by atoms with E-state index in [4.69, 9.17) is 4.74 Å². The van der Waals surface area contributed by atoms with Gasteiger partial charge in [-0.15, -0.1) is 0 Å². The minimum Gasteiger partial charge on any atom is -0.496 e. The molecule has 1 N–H and O–H groups in total. The number of aryl methyl sites for hydroxylation is 2. The summed E-state index contributed by atoms with van der Waals surface area (Å²) in [5.74, 6) is 0.701. The van der Waals surface area contributed by atoms with Crippen LogP contribution in [-0.2, 0) is 11.2 Å². The molecule has 0 atom stereocenters. The molecular formula is C17H19NO2. The number of nitrogens with one attached hydrogen (secondary N) is 1. The van der Waals surface area contributed by atoms with Crippen LogP contribution in [0.1, 0.15) is 16.7 Å². The van der Waals surface area contributed by atoms with Gasteiger partial charge in [-0.05, 0) is 37.1 Å². The van der Waals surface area contributed by atoms with Crippen molar-refractivity contribution in [3.05, 3.63) is 59.2 Å². The Morgan fingerprint density at radius 3 is 2.65 bits per heavy atom. The van der Waals surface area contributed by atoms with Gasteiger partial charge in [0, 0.05) is 11.3 Å². The standard InChI is InChI=1S/C17H19NO2/c1-12-8-9-13(2)15(10-12)18-17(19)11-14-6-4-5-7-16(14)20-3/h4-10H,11H2,1-3H3,(H,18,19). The molecule has 0 unspecified atom stereocenters. The molecule has 0 spiro atoms. The van der Waals surface area contributed by atoms with Crippen molar-refractivity contribution in [2.75, 3.05) is 12.4 Å². The Morgan fingerprint density at radius 1 is 1.15 bits per heavy atom. The molecule has 3 heteroatoms. The molecule has 0 aromatic heterocycles. The van der Waals surface area contributed by atoms with Crippen molar-refractivity contribution in [1.82, 2.24) is 0 Å². The Morgan fingerprint density at radius 2 is 1.90 bits per heavy atom.